The third kappa shape index (κ3) is 57.1. The Morgan fingerprint density at radius 2 is 0.563 bits per heavy atom. The number of rotatable bonds is 53. The van der Waals surface area contributed by atoms with Gasteiger partial charge in [-0.25, -0.2) is 0 Å². The Kier molecular flexibility index (Phi) is 55.9. The van der Waals surface area contributed by atoms with Gasteiger partial charge in [0.15, 0.2) is 6.10 Å². The molecular formula is C65H110O6. The van der Waals surface area contributed by atoms with Gasteiger partial charge in [-0.15, -0.1) is 0 Å². The van der Waals surface area contributed by atoms with Crippen molar-refractivity contribution in [2.75, 3.05) is 13.2 Å². The van der Waals surface area contributed by atoms with Crippen LogP contribution in [0.3, 0.4) is 0 Å². The molecule has 406 valence electrons. The molecule has 0 amide bonds. The van der Waals surface area contributed by atoms with Crippen LogP contribution >= 0.6 is 0 Å². The van der Waals surface area contributed by atoms with Gasteiger partial charge in [0.05, 0.1) is 0 Å². The minimum Gasteiger partial charge on any atom is -0.462 e. The van der Waals surface area contributed by atoms with Crippen LogP contribution in [0.1, 0.15) is 278 Å². The average Bonchev–Trinajstić information content (AvgIpc) is 3.37. The molecule has 0 saturated heterocycles. The van der Waals surface area contributed by atoms with Gasteiger partial charge in [-0.05, 0) is 89.9 Å². The molecule has 0 aromatic carbocycles. The van der Waals surface area contributed by atoms with E-state index < -0.39 is 6.10 Å². The zero-order valence-electron chi connectivity index (χ0n) is 46.5. The normalized spacial score (nSPS) is 12.8. The molecule has 0 N–H and O–H groups in total. The molecule has 0 aliphatic heterocycles. The molecule has 0 spiro atoms. The molecule has 1 atom stereocenters. The van der Waals surface area contributed by atoms with Gasteiger partial charge in [0.2, 0.25) is 0 Å². The van der Waals surface area contributed by atoms with E-state index in [2.05, 4.69) is 118 Å². The van der Waals surface area contributed by atoms with E-state index in [1.54, 1.807) is 0 Å². The number of carbonyl (C=O) groups excluding carboxylic acids is 3. The number of hydrogen-bond donors (Lipinski definition) is 0. The lowest BCUT2D eigenvalue weighted by Gasteiger charge is -2.18. The minimum atomic E-state index is -0.827. The summed E-state index contributed by atoms with van der Waals surface area (Å²) in [6, 6.07) is 0. The number of carbonyl (C=O) groups is 3. The van der Waals surface area contributed by atoms with Crippen LogP contribution in [0.25, 0.3) is 0 Å². The Bertz CT molecular complexity index is 1410. The Balaban J connectivity index is 4.51. The monoisotopic (exact) mass is 987 g/mol. The summed E-state index contributed by atoms with van der Waals surface area (Å²) < 4.78 is 16.8. The van der Waals surface area contributed by atoms with Crippen molar-refractivity contribution in [3.63, 3.8) is 0 Å². The van der Waals surface area contributed by atoms with Crippen LogP contribution < -0.4 is 0 Å². The highest BCUT2D eigenvalue weighted by Crippen LogP contribution is 2.16. The molecule has 0 aromatic heterocycles. The fourth-order valence-electron chi connectivity index (χ4n) is 8.14. The largest absolute Gasteiger partial charge is 0.462 e. The lowest BCUT2D eigenvalue weighted by molar-refractivity contribution is -0.167. The third-order valence-electron chi connectivity index (χ3n) is 12.6. The molecule has 0 bridgehead atoms. The molecule has 0 unspecified atom stereocenters. The number of ether oxygens (including phenoxy) is 3. The van der Waals surface area contributed by atoms with Crippen LogP contribution in [0, 0.1) is 0 Å². The van der Waals surface area contributed by atoms with Gasteiger partial charge >= 0.3 is 17.9 Å². The Labute approximate surface area is 438 Å². The molecule has 0 radical (unpaired) electrons. The van der Waals surface area contributed by atoms with Gasteiger partial charge in [-0.1, -0.05) is 266 Å². The molecule has 0 aromatic rings. The van der Waals surface area contributed by atoms with Gasteiger partial charge in [-0.2, -0.15) is 0 Å². The third-order valence-corrected chi connectivity index (χ3v) is 12.6. The maximum atomic E-state index is 12.8. The van der Waals surface area contributed by atoms with Crippen molar-refractivity contribution in [1.29, 1.82) is 0 Å². The summed E-state index contributed by atoms with van der Waals surface area (Å²) in [5.74, 6) is -1.02. The lowest BCUT2D eigenvalue weighted by Crippen LogP contribution is -2.30. The molecule has 0 aliphatic carbocycles. The Morgan fingerprint density at radius 1 is 0.296 bits per heavy atom. The van der Waals surface area contributed by atoms with Crippen LogP contribution in [0.4, 0.5) is 0 Å². The molecule has 0 saturated carbocycles. The van der Waals surface area contributed by atoms with Crippen LogP contribution in [-0.4, -0.2) is 37.2 Å². The fourth-order valence-corrected chi connectivity index (χ4v) is 8.14. The second kappa shape index (κ2) is 58.9. The summed E-state index contributed by atoms with van der Waals surface area (Å²) in [7, 11) is 0. The first-order valence-corrected chi connectivity index (χ1v) is 29.7. The van der Waals surface area contributed by atoms with E-state index in [1.807, 2.05) is 0 Å². The summed E-state index contributed by atoms with van der Waals surface area (Å²) in [5.41, 5.74) is 0. The van der Waals surface area contributed by atoms with E-state index in [9.17, 15) is 14.4 Å². The second-order valence-corrected chi connectivity index (χ2v) is 19.5. The molecular weight excluding hydrogens is 877 g/mol. The van der Waals surface area contributed by atoms with E-state index in [-0.39, 0.29) is 44.0 Å². The van der Waals surface area contributed by atoms with E-state index in [0.717, 1.165) is 77.0 Å². The predicted molar refractivity (Wildman–Crippen MR) is 307 cm³/mol. The first-order valence-electron chi connectivity index (χ1n) is 29.7. The summed E-state index contributed by atoms with van der Waals surface area (Å²) in [6.07, 6.45) is 78.5. The highest BCUT2D eigenvalue weighted by atomic mass is 16.6. The first-order chi connectivity index (χ1) is 35.0. The van der Waals surface area contributed by atoms with Crippen LogP contribution in [0.2, 0.25) is 0 Å². The highest BCUT2D eigenvalue weighted by Gasteiger charge is 2.19. The predicted octanol–water partition coefficient (Wildman–Crippen LogP) is 20.1. The number of hydrogen-bond acceptors (Lipinski definition) is 6. The summed E-state index contributed by atoms with van der Waals surface area (Å²) in [4.78, 5) is 38.2. The van der Waals surface area contributed by atoms with Crippen molar-refractivity contribution in [2.24, 2.45) is 0 Å². The van der Waals surface area contributed by atoms with Gasteiger partial charge in [0.1, 0.15) is 13.2 Å². The standard InChI is InChI=1S/C65H110O6/c1-4-7-10-13-16-19-22-25-28-31-32-35-37-40-43-46-49-52-55-58-64(67)70-61-62(71-65(68)59-56-53-50-47-44-41-38-34-30-27-24-21-18-15-12-9-6-3)60-69-63(66)57-54-51-48-45-42-39-36-33-29-26-23-20-17-14-11-8-5-2/h8,11,17,20,26-27,29-30,36,38-39,41,45,47-48,50,62H,4-7,9-10,12-16,18-19,21-25,28,31-35,37,40,42-44,46,49,51-61H2,1-3H3/b11-8-,20-17-,29-26-,30-27-,39-36-,41-38-,48-45-,50-47-/t62-/m1/s1. The molecule has 71 heavy (non-hydrogen) atoms. The van der Waals surface area contributed by atoms with E-state index in [0.29, 0.717) is 19.3 Å². The fraction of sp³-hybridized carbons (Fsp3) is 0.708. The quantitative estimate of drug-likeness (QED) is 0.0261. The highest BCUT2D eigenvalue weighted by molar-refractivity contribution is 5.71. The van der Waals surface area contributed by atoms with Gasteiger partial charge in [-0.3, -0.25) is 14.4 Å². The van der Waals surface area contributed by atoms with Gasteiger partial charge in [0.25, 0.3) is 0 Å². The number of esters is 3. The maximum absolute atomic E-state index is 12.8. The zero-order chi connectivity index (χ0) is 51.4. The smallest absolute Gasteiger partial charge is 0.306 e. The maximum Gasteiger partial charge on any atom is 0.306 e. The first kappa shape index (κ1) is 67.3. The summed E-state index contributed by atoms with van der Waals surface area (Å²) in [5, 5.41) is 0. The van der Waals surface area contributed by atoms with Gasteiger partial charge in [0, 0.05) is 19.3 Å². The second-order valence-electron chi connectivity index (χ2n) is 19.5. The van der Waals surface area contributed by atoms with Crippen molar-refractivity contribution in [1.82, 2.24) is 0 Å². The summed E-state index contributed by atoms with van der Waals surface area (Å²) >= 11 is 0. The van der Waals surface area contributed by atoms with Crippen molar-refractivity contribution < 1.29 is 28.6 Å². The number of unbranched alkanes of at least 4 members (excludes halogenated alkanes) is 26. The summed E-state index contributed by atoms with van der Waals surface area (Å²) in [6.45, 7) is 6.45. The van der Waals surface area contributed by atoms with Crippen molar-refractivity contribution in [2.45, 2.75) is 284 Å². The van der Waals surface area contributed by atoms with E-state index in [4.69, 9.17) is 14.2 Å². The topological polar surface area (TPSA) is 78.9 Å². The average molecular weight is 988 g/mol. The minimum absolute atomic E-state index is 0.114. The SMILES string of the molecule is CC/C=C\C/C=C\C/C=C\C/C=C\C/C=C\CCCC(=O)OC[C@H](COC(=O)CCCCCCCCCCCCCCCCCCCCC)OC(=O)CCC/C=C\C/C=C\C/C=C\CCCCCCCC. The van der Waals surface area contributed by atoms with E-state index in [1.165, 1.54) is 148 Å². The van der Waals surface area contributed by atoms with Crippen LogP contribution in [0.5, 0.6) is 0 Å². The number of allylic oxidation sites excluding steroid dienone is 16. The Hall–Kier alpha value is -3.67. The molecule has 0 heterocycles. The van der Waals surface area contributed by atoms with E-state index >= 15 is 0 Å². The molecule has 0 aliphatic rings. The zero-order valence-corrected chi connectivity index (χ0v) is 46.5. The Morgan fingerprint density at radius 3 is 0.915 bits per heavy atom. The molecule has 0 fully saturated rings. The van der Waals surface area contributed by atoms with Crippen molar-refractivity contribution >= 4 is 17.9 Å². The van der Waals surface area contributed by atoms with Crippen molar-refractivity contribution in [3.8, 4) is 0 Å². The van der Waals surface area contributed by atoms with Crippen molar-refractivity contribution in [3.05, 3.63) is 97.2 Å². The van der Waals surface area contributed by atoms with Crippen LogP contribution in [0.15, 0.2) is 97.2 Å². The van der Waals surface area contributed by atoms with Gasteiger partial charge < -0.3 is 14.2 Å². The van der Waals surface area contributed by atoms with Crippen LogP contribution in [-0.2, 0) is 28.6 Å². The lowest BCUT2D eigenvalue weighted by atomic mass is 10.0. The molecule has 6 nitrogen and oxygen atoms in total. The molecule has 6 heteroatoms. The molecule has 0 rings (SSSR count).